The van der Waals surface area contributed by atoms with E-state index < -0.39 is 0 Å². The smallest absolute Gasteiger partial charge is 0.221 e. The molecule has 4 rings (SSSR count). The Morgan fingerprint density at radius 2 is 1.76 bits per heavy atom. The van der Waals surface area contributed by atoms with Crippen molar-refractivity contribution < 1.29 is 9.90 Å². The number of carbonyl (C=O) groups excluding carboxylic acids is 1. The lowest BCUT2D eigenvalue weighted by Gasteiger charge is -2.06. The van der Waals surface area contributed by atoms with E-state index in [1.807, 2.05) is 24.3 Å². The summed E-state index contributed by atoms with van der Waals surface area (Å²) < 4.78 is 0. The average Bonchev–Trinajstić information content (AvgIpc) is 2.93. The lowest BCUT2D eigenvalue weighted by Crippen LogP contribution is -2.05. The molecule has 0 saturated heterocycles. The van der Waals surface area contributed by atoms with E-state index in [-0.39, 0.29) is 11.7 Å². The molecule has 0 aliphatic carbocycles. The van der Waals surface area contributed by atoms with Gasteiger partial charge in [-0.2, -0.15) is 0 Å². The molecule has 0 aliphatic rings. The molecule has 2 aromatic heterocycles. The molecule has 4 aromatic rings. The van der Waals surface area contributed by atoms with Crippen molar-refractivity contribution in [2.75, 3.05) is 10.6 Å². The number of aromatic amines is 1. The zero-order valence-electron chi connectivity index (χ0n) is 13.5. The second-order valence-electron chi connectivity index (χ2n) is 5.86. The van der Waals surface area contributed by atoms with E-state index in [2.05, 4.69) is 20.6 Å². The van der Waals surface area contributed by atoms with Crippen LogP contribution in [0.4, 0.5) is 17.1 Å². The van der Waals surface area contributed by atoms with Crippen LogP contribution in [0.5, 0.6) is 5.75 Å². The quantitative estimate of drug-likeness (QED) is 0.425. The topological polar surface area (TPSA) is 90.0 Å². The number of nitrogens with zero attached hydrogens (tertiary/aromatic N) is 1. The van der Waals surface area contributed by atoms with Crippen molar-refractivity contribution >= 4 is 44.9 Å². The van der Waals surface area contributed by atoms with Crippen LogP contribution in [-0.2, 0) is 4.79 Å². The number of amides is 1. The molecule has 6 nitrogen and oxygen atoms in total. The van der Waals surface area contributed by atoms with Crippen LogP contribution in [0.15, 0.2) is 54.7 Å². The lowest BCUT2D eigenvalue weighted by molar-refractivity contribution is -0.114. The van der Waals surface area contributed by atoms with E-state index in [0.29, 0.717) is 0 Å². The molecule has 0 fully saturated rings. The van der Waals surface area contributed by atoms with Crippen molar-refractivity contribution in [3.63, 3.8) is 0 Å². The van der Waals surface area contributed by atoms with Crippen molar-refractivity contribution in [2.45, 2.75) is 6.92 Å². The summed E-state index contributed by atoms with van der Waals surface area (Å²) in [5, 5.41) is 17.4. The molecular formula is C19H16N4O2. The van der Waals surface area contributed by atoms with E-state index in [1.165, 1.54) is 6.92 Å². The molecule has 0 spiro atoms. The fourth-order valence-corrected chi connectivity index (χ4v) is 2.84. The minimum absolute atomic E-state index is 0.103. The third kappa shape index (κ3) is 2.97. The first-order chi connectivity index (χ1) is 12.1. The van der Waals surface area contributed by atoms with Crippen molar-refractivity contribution in [1.82, 2.24) is 9.97 Å². The Bertz CT molecular complexity index is 1080. The summed E-state index contributed by atoms with van der Waals surface area (Å²) in [6.07, 6.45) is 1.75. The number of aromatic nitrogens is 2. The van der Waals surface area contributed by atoms with Gasteiger partial charge in [-0.1, -0.05) is 6.07 Å². The molecule has 0 bridgehead atoms. The molecule has 1 amide bonds. The fourth-order valence-electron chi connectivity index (χ4n) is 2.84. The van der Waals surface area contributed by atoms with E-state index in [9.17, 15) is 9.90 Å². The van der Waals surface area contributed by atoms with Crippen LogP contribution in [0.1, 0.15) is 6.92 Å². The van der Waals surface area contributed by atoms with Crippen molar-refractivity contribution in [3.05, 3.63) is 54.7 Å². The van der Waals surface area contributed by atoms with Gasteiger partial charge in [0.25, 0.3) is 0 Å². The summed E-state index contributed by atoms with van der Waals surface area (Å²) in [7, 11) is 0. The molecular weight excluding hydrogens is 316 g/mol. The number of hydrogen-bond donors (Lipinski definition) is 4. The van der Waals surface area contributed by atoms with Gasteiger partial charge in [0, 0.05) is 34.6 Å². The largest absolute Gasteiger partial charge is 0.508 e. The third-order valence-corrected chi connectivity index (χ3v) is 3.93. The van der Waals surface area contributed by atoms with E-state index in [4.69, 9.17) is 0 Å². The van der Waals surface area contributed by atoms with Gasteiger partial charge >= 0.3 is 0 Å². The molecule has 2 aromatic carbocycles. The zero-order chi connectivity index (χ0) is 17.4. The molecule has 0 radical (unpaired) electrons. The minimum atomic E-state index is -0.103. The van der Waals surface area contributed by atoms with Crippen molar-refractivity contribution in [2.24, 2.45) is 0 Å². The Kier molecular flexibility index (Phi) is 3.50. The molecule has 0 atom stereocenters. The molecule has 0 saturated carbocycles. The number of phenols is 1. The van der Waals surface area contributed by atoms with Crippen LogP contribution in [0.2, 0.25) is 0 Å². The van der Waals surface area contributed by atoms with E-state index in [1.54, 1.807) is 30.5 Å². The number of fused-ring (bicyclic) bond motifs is 3. The SMILES string of the molecule is CC(=O)Nc1ccc2c(c1)[nH]c1ncc(Nc3ccc(O)cc3)cc12. The van der Waals surface area contributed by atoms with Crippen LogP contribution in [0.25, 0.3) is 21.9 Å². The second kappa shape index (κ2) is 5.83. The first kappa shape index (κ1) is 15.0. The van der Waals surface area contributed by atoms with Crippen molar-refractivity contribution in [3.8, 4) is 5.75 Å². The molecule has 0 aliphatic heterocycles. The molecule has 25 heavy (non-hydrogen) atoms. The highest BCUT2D eigenvalue weighted by molar-refractivity contribution is 6.08. The number of benzene rings is 2. The number of anilines is 3. The summed E-state index contributed by atoms with van der Waals surface area (Å²) in [4.78, 5) is 18.9. The average molecular weight is 332 g/mol. The summed E-state index contributed by atoms with van der Waals surface area (Å²) in [6.45, 7) is 1.48. The highest BCUT2D eigenvalue weighted by atomic mass is 16.3. The van der Waals surface area contributed by atoms with Crippen LogP contribution < -0.4 is 10.6 Å². The molecule has 124 valence electrons. The molecule has 2 heterocycles. The standard InChI is InChI=1S/C19H16N4O2/c1-11(24)21-13-4-7-16-17-8-14(10-20-19(17)23-18(16)9-13)22-12-2-5-15(25)6-3-12/h2-10,22,25H,1H3,(H,20,23)(H,21,24). The Hall–Kier alpha value is -3.54. The van der Waals surface area contributed by atoms with Crippen molar-refractivity contribution in [1.29, 1.82) is 0 Å². The highest BCUT2D eigenvalue weighted by Crippen LogP contribution is 2.29. The van der Waals surface area contributed by atoms with Gasteiger partial charge < -0.3 is 20.7 Å². The first-order valence-electron chi connectivity index (χ1n) is 7.83. The van der Waals surface area contributed by atoms with Crippen LogP contribution in [0.3, 0.4) is 0 Å². The summed E-state index contributed by atoms with van der Waals surface area (Å²) in [5.41, 5.74) is 4.16. The van der Waals surface area contributed by atoms with Gasteiger partial charge in [-0.15, -0.1) is 0 Å². The predicted molar refractivity (Wildman–Crippen MR) is 99.3 cm³/mol. The number of hydrogen-bond acceptors (Lipinski definition) is 4. The number of aromatic hydroxyl groups is 1. The molecule has 4 N–H and O–H groups in total. The van der Waals surface area contributed by atoms with Gasteiger partial charge in [-0.25, -0.2) is 4.98 Å². The highest BCUT2D eigenvalue weighted by Gasteiger charge is 2.08. The third-order valence-electron chi connectivity index (χ3n) is 3.93. The minimum Gasteiger partial charge on any atom is -0.508 e. The van der Waals surface area contributed by atoms with Gasteiger partial charge in [0.2, 0.25) is 5.91 Å². The first-order valence-corrected chi connectivity index (χ1v) is 7.83. The maximum absolute atomic E-state index is 11.2. The molecule has 6 heteroatoms. The predicted octanol–water partition coefficient (Wildman–Crippen LogP) is 4.12. The van der Waals surface area contributed by atoms with Gasteiger partial charge in [0.1, 0.15) is 11.4 Å². The maximum Gasteiger partial charge on any atom is 0.221 e. The number of phenolic OH excluding ortho intramolecular Hbond substituents is 1. The normalized spacial score (nSPS) is 10.9. The maximum atomic E-state index is 11.2. The second-order valence-corrected chi connectivity index (χ2v) is 5.86. The molecule has 0 unspecified atom stereocenters. The number of H-pyrrole nitrogens is 1. The van der Waals surface area contributed by atoms with E-state index >= 15 is 0 Å². The Labute approximate surface area is 143 Å². The number of pyridine rings is 1. The lowest BCUT2D eigenvalue weighted by atomic mass is 10.1. The van der Waals surface area contributed by atoms with Gasteiger partial charge in [-0.3, -0.25) is 4.79 Å². The monoisotopic (exact) mass is 332 g/mol. The zero-order valence-corrected chi connectivity index (χ0v) is 13.5. The summed E-state index contributed by atoms with van der Waals surface area (Å²) >= 11 is 0. The Morgan fingerprint density at radius 1 is 1.00 bits per heavy atom. The van der Waals surface area contributed by atoms with Gasteiger partial charge in [0.15, 0.2) is 0 Å². The Morgan fingerprint density at radius 3 is 2.52 bits per heavy atom. The summed E-state index contributed by atoms with van der Waals surface area (Å²) in [5.74, 6) is 0.125. The van der Waals surface area contributed by atoms with Crippen LogP contribution in [-0.4, -0.2) is 21.0 Å². The van der Waals surface area contributed by atoms with Crippen LogP contribution in [0, 0.1) is 0 Å². The van der Waals surface area contributed by atoms with Gasteiger partial charge in [0.05, 0.1) is 11.9 Å². The van der Waals surface area contributed by atoms with E-state index in [0.717, 1.165) is 39.0 Å². The fraction of sp³-hybridized carbons (Fsp3) is 0.0526. The van der Waals surface area contributed by atoms with Crippen LogP contribution >= 0.6 is 0 Å². The Balaban J connectivity index is 1.72. The number of carbonyl (C=O) groups is 1. The van der Waals surface area contributed by atoms with Gasteiger partial charge in [-0.05, 0) is 42.5 Å². The number of rotatable bonds is 3. The summed E-state index contributed by atoms with van der Waals surface area (Å²) in [6, 6.07) is 14.6. The number of nitrogens with one attached hydrogen (secondary N) is 3.